The summed E-state index contributed by atoms with van der Waals surface area (Å²) in [6, 6.07) is 1.36. The van der Waals surface area contributed by atoms with Crippen molar-refractivity contribution >= 4 is 29.7 Å². The van der Waals surface area contributed by atoms with E-state index in [0.29, 0.717) is 18.4 Å². The number of phenolic OH excluding ortho intramolecular Hbond substituents is 1. The molecular weight excluding hydrogens is 436 g/mol. The zero-order chi connectivity index (χ0) is 24.7. The van der Waals surface area contributed by atoms with Gasteiger partial charge in [-0.25, -0.2) is 4.79 Å². The predicted molar refractivity (Wildman–Crippen MR) is 114 cm³/mol. The highest BCUT2D eigenvalue weighted by Gasteiger charge is 2.38. The van der Waals surface area contributed by atoms with Crippen molar-refractivity contribution in [3.63, 3.8) is 0 Å². The molecule has 0 saturated carbocycles. The van der Waals surface area contributed by atoms with E-state index in [1.165, 1.54) is 24.0 Å². The molecule has 0 radical (unpaired) electrons. The van der Waals surface area contributed by atoms with Crippen molar-refractivity contribution in [2.75, 3.05) is 6.54 Å². The number of carboxylic acids is 2. The first-order valence-corrected chi connectivity index (χ1v) is 10.4. The lowest BCUT2D eigenvalue weighted by molar-refractivity contribution is -0.144. The molecule has 180 valence electrons. The Kier molecular flexibility index (Phi) is 8.74. The van der Waals surface area contributed by atoms with Crippen LogP contribution in [0.1, 0.15) is 31.7 Å². The minimum Gasteiger partial charge on any atom is -0.508 e. The lowest BCUT2D eigenvalue weighted by Crippen LogP contribution is -2.56. The van der Waals surface area contributed by atoms with Crippen molar-refractivity contribution in [3.8, 4) is 5.75 Å². The number of carboxylic acid groups (broad SMARTS) is 2. The second-order valence-electron chi connectivity index (χ2n) is 7.89. The van der Waals surface area contributed by atoms with Gasteiger partial charge in [-0.3, -0.25) is 19.2 Å². The Morgan fingerprint density at radius 3 is 2.33 bits per heavy atom. The number of nitrogens with one attached hydrogen (secondary N) is 2. The molecule has 0 aliphatic carbocycles. The molecule has 1 fully saturated rings. The number of phenols is 1. The number of hydrogen-bond donors (Lipinski definition) is 6. The van der Waals surface area contributed by atoms with Gasteiger partial charge < -0.3 is 36.6 Å². The van der Waals surface area contributed by atoms with E-state index in [2.05, 4.69) is 10.6 Å². The minimum absolute atomic E-state index is 0.0179. The monoisotopic (exact) mass is 464 g/mol. The second kappa shape index (κ2) is 11.3. The number of aromatic hydroxyl groups is 1. The van der Waals surface area contributed by atoms with Crippen molar-refractivity contribution in [3.05, 3.63) is 29.8 Å². The van der Waals surface area contributed by atoms with Crippen LogP contribution in [0.25, 0.3) is 0 Å². The summed E-state index contributed by atoms with van der Waals surface area (Å²) in [5, 5.41) is 32.4. The number of carbonyl (C=O) groups excluding carboxylic acids is 3. The van der Waals surface area contributed by atoms with E-state index in [1.807, 2.05) is 0 Å². The first-order valence-electron chi connectivity index (χ1n) is 10.4. The molecule has 12 nitrogen and oxygen atoms in total. The SMILES string of the molecule is CC(NC(=O)C(N)CC(=O)O)C(=O)N1CCCC1C(=O)NC(Cc1ccc(O)cc1)C(=O)O. The first-order chi connectivity index (χ1) is 15.5. The van der Waals surface area contributed by atoms with E-state index in [0.717, 1.165) is 0 Å². The molecule has 4 unspecified atom stereocenters. The van der Waals surface area contributed by atoms with Gasteiger partial charge in [-0.15, -0.1) is 0 Å². The van der Waals surface area contributed by atoms with E-state index in [9.17, 15) is 34.2 Å². The largest absolute Gasteiger partial charge is 0.508 e. The second-order valence-corrected chi connectivity index (χ2v) is 7.89. The number of hydrogen-bond acceptors (Lipinski definition) is 7. The van der Waals surface area contributed by atoms with Gasteiger partial charge in [0.05, 0.1) is 12.5 Å². The van der Waals surface area contributed by atoms with Crippen molar-refractivity contribution in [1.29, 1.82) is 0 Å². The first kappa shape index (κ1) is 25.6. The van der Waals surface area contributed by atoms with Crippen LogP contribution in [0.5, 0.6) is 5.75 Å². The number of rotatable bonds is 10. The summed E-state index contributed by atoms with van der Waals surface area (Å²) >= 11 is 0. The average Bonchev–Trinajstić information content (AvgIpc) is 3.23. The third kappa shape index (κ3) is 7.17. The van der Waals surface area contributed by atoms with Gasteiger partial charge in [0, 0.05) is 13.0 Å². The molecule has 12 heteroatoms. The number of aliphatic carboxylic acids is 2. The van der Waals surface area contributed by atoms with Gasteiger partial charge in [-0.1, -0.05) is 12.1 Å². The number of nitrogens with zero attached hydrogens (tertiary/aromatic N) is 1. The van der Waals surface area contributed by atoms with Crippen molar-refractivity contribution < 1.29 is 39.3 Å². The molecule has 0 spiro atoms. The van der Waals surface area contributed by atoms with Crippen LogP contribution in [0.2, 0.25) is 0 Å². The Morgan fingerprint density at radius 2 is 1.76 bits per heavy atom. The maximum atomic E-state index is 12.8. The molecule has 1 heterocycles. The van der Waals surface area contributed by atoms with Crippen LogP contribution in [-0.2, 0) is 30.4 Å². The van der Waals surface area contributed by atoms with Crippen LogP contribution in [0.15, 0.2) is 24.3 Å². The van der Waals surface area contributed by atoms with Crippen LogP contribution in [0.4, 0.5) is 0 Å². The maximum absolute atomic E-state index is 12.8. The summed E-state index contributed by atoms with van der Waals surface area (Å²) in [7, 11) is 0. The molecule has 1 aromatic carbocycles. The van der Waals surface area contributed by atoms with Gasteiger partial charge in [0.2, 0.25) is 17.7 Å². The lowest BCUT2D eigenvalue weighted by Gasteiger charge is -2.28. The molecule has 1 aliphatic heterocycles. The maximum Gasteiger partial charge on any atom is 0.326 e. The van der Waals surface area contributed by atoms with E-state index in [-0.39, 0.29) is 18.7 Å². The number of benzene rings is 1. The summed E-state index contributed by atoms with van der Waals surface area (Å²) in [4.78, 5) is 61.3. The van der Waals surface area contributed by atoms with Crippen LogP contribution in [-0.4, -0.2) is 80.6 Å². The Hall–Kier alpha value is -3.67. The van der Waals surface area contributed by atoms with Crippen LogP contribution < -0.4 is 16.4 Å². The van der Waals surface area contributed by atoms with Crippen molar-refractivity contribution in [2.24, 2.45) is 5.73 Å². The fourth-order valence-electron chi connectivity index (χ4n) is 3.55. The molecule has 1 aromatic rings. The molecule has 0 bridgehead atoms. The van der Waals surface area contributed by atoms with Crippen LogP contribution in [0, 0.1) is 0 Å². The Labute approximate surface area is 189 Å². The predicted octanol–water partition coefficient (Wildman–Crippen LogP) is -1.20. The van der Waals surface area contributed by atoms with E-state index in [1.54, 1.807) is 12.1 Å². The molecule has 33 heavy (non-hydrogen) atoms. The van der Waals surface area contributed by atoms with Crippen LogP contribution >= 0.6 is 0 Å². The molecule has 1 aliphatic rings. The van der Waals surface area contributed by atoms with Gasteiger partial charge in [0.1, 0.15) is 23.9 Å². The minimum atomic E-state index is -1.33. The van der Waals surface area contributed by atoms with Crippen molar-refractivity contribution in [1.82, 2.24) is 15.5 Å². The average molecular weight is 464 g/mol. The topological polar surface area (TPSA) is 199 Å². The molecule has 1 saturated heterocycles. The van der Waals surface area contributed by atoms with Gasteiger partial charge in [-0.2, -0.15) is 0 Å². The molecule has 0 aromatic heterocycles. The third-order valence-corrected chi connectivity index (χ3v) is 5.29. The molecule has 3 amide bonds. The van der Waals surface area contributed by atoms with Gasteiger partial charge in [0.15, 0.2) is 0 Å². The van der Waals surface area contributed by atoms with Crippen LogP contribution in [0.3, 0.4) is 0 Å². The highest BCUT2D eigenvalue weighted by atomic mass is 16.4. The van der Waals surface area contributed by atoms with Gasteiger partial charge >= 0.3 is 11.9 Å². The smallest absolute Gasteiger partial charge is 0.326 e. The summed E-state index contributed by atoms with van der Waals surface area (Å²) < 4.78 is 0. The molecular formula is C21H28N4O8. The summed E-state index contributed by atoms with van der Waals surface area (Å²) in [5.74, 6) is -4.48. The Morgan fingerprint density at radius 1 is 1.12 bits per heavy atom. The van der Waals surface area contributed by atoms with Gasteiger partial charge in [-0.05, 0) is 37.5 Å². The summed E-state index contributed by atoms with van der Waals surface area (Å²) in [5.41, 5.74) is 6.09. The highest BCUT2D eigenvalue weighted by molar-refractivity contribution is 5.95. The normalized spacial score (nSPS) is 18.1. The van der Waals surface area contributed by atoms with Crippen molar-refractivity contribution in [2.45, 2.75) is 56.8 Å². The molecule has 4 atom stereocenters. The van der Waals surface area contributed by atoms with E-state index >= 15 is 0 Å². The lowest BCUT2D eigenvalue weighted by atomic mass is 10.0. The number of likely N-dealkylation sites (tertiary alicyclic amines) is 1. The fourth-order valence-corrected chi connectivity index (χ4v) is 3.55. The highest BCUT2D eigenvalue weighted by Crippen LogP contribution is 2.19. The quantitative estimate of drug-likeness (QED) is 0.246. The fraction of sp³-hybridized carbons (Fsp3) is 0.476. The Bertz CT molecular complexity index is 904. The van der Waals surface area contributed by atoms with E-state index in [4.69, 9.17) is 10.8 Å². The molecule has 2 rings (SSSR count). The Balaban J connectivity index is 2.01. The van der Waals surface area contributed by atoms with Gasteiger partial charge in [0.25, 0.3) is 0 Å². The zero-order valence-electron chi connectivity index (χ0n) is 18.1. The number of amides is 3. The number of nitrogens with two attached hydrogens (primary N) is 1. The summed E-state index contributed by atoms with van der Waals surface area (Å²) in [6.45, 7) is 1.64. The standard InChI is InChI=1S/C21H28N4O8/c1-11(23-18(29)14(22)10-17(27)28)20(31)25-8-2-3-16(25)19(30)24-15(21(32)33)9-12-4-6-13(26)7-5-12/h4-7,11,14-16,26H,2-3,8-10,22H2,1H3,(H,23,29)(H,24,30)(H,27,28)(H,32,33). The summed E-state index contributed by atoms with van der Waals surface area (Å²) in [6.07, 6.45) is 0.218. The molecule has 7 N–H and O–H groups in total. The number of carbonyl (C=O) groups is 5. The van der Waals surface area contributed by atoms with E-state index < -0.39 is 60.2 Å². The zero-order valence-corrected chi connectivity index (χ0v) is 18.1. The third-order valence-electron chi connectivity index (χ3n) is 5.29.